The molecule has 0 saturated heterocycles. The highest BCUT2D eigenvalue weighted by atomic mass is 16.5. The summed E-state index contributed by atoms with van der Waals surface area (Å²) in [5.41, 5.74) is 3.65. The van der Waals surface area contributed by atoms with Gasteiger partial charge in [0.1, 0.15) is 5.75 Å². The van der Waals surface area contributed by atoms with E-state index >= 15 is 0 Å². The maximum absolute atomic E-state index is 13.3. The van der Waals surface area contributed by atoms with Gasteiger partial charge in [0, 0.05) is 5.56 Å². The number of rotatable bonds is 4. The Morgan fingerprint density at radius 3 is 2.63 bits per heavy atom. The molecule has 0 bridgehead atoms. The molecule has 4 nitrogen and oxygen atoms in total. The molecule has 0 aromatic heterocycles. The molecule has 3 aromatic carbocycles. The van der Waals surface area contributed by atoms with Crippen molar-refractivity contribution in [1.82, 2.24) is 0 Å². The van der Waals surface area contributed by atoms with Crippen LogP contribution in [-0.2, 0) is 0 Å². The van der Waals surface area contributed by atoms with Gasteiger partial charge in [-0.2, -0.15) is 0 Å². The normalized spacial score (nSPS) is 15.6. The summed E-state index contributed by atoms with van der Waals surface area (Å²) in [5, 5.41) is 3.56. The Hall–Kier alpha value is -3.27. The number of fused-ring (bicyclic) bond motifs is 1. The van der Waals surface area contributed by atoms with Crippen molar-refractivity contribution in [2.24, 2.45) is 0 Å². The molecule has 1 amide bonds. The predicted octanol–water partition coefficient (Wildman–Crippen LogP) is 4.90. The van der Waals surface area contributed by atoms with E-state index in [4.69, 9.17) is 4.74 Å². The predicted molar refractivity (Wildman–Crippen MR) is 109 cm³/mol. The lowest BCUT2D eigenvalue weighted by molar-refractivity contribution is 0.0984. The highest BCUT2D eigenvalue weighted by Crippen LogP contribution is 2.36. The number of para-hydroxylation sites is 2. The van der Waals surface area contributed by atoms with Crippen molar-refractivity contribution in [3.05, 3.63) is 90.0 Å². The third kappa shape index (κ3) is 3.51. The van der Waals surface area contributed by atoms with Crippen LogP contribution in [0.2, 0.25) is 0 Å². The summed E-state index contributed by atoms with van der Waals surface area (Å²) in [6.45, 7) is 3.08. The molecule has 1 aliphatic heterocycles. The second kappa shape index (κ2) is 7.54. The van der Waals surface area contributed by atoms with E-state index in [1.165, 1.54) is 0 Å². The van der Waals surface area contributed by atoms with Crippen molar-refractivity contribution >= 4 is 17.3 Å². The lowest BCUT2D eigenvalue weighted by Crippen LogP contribution is -2.40. The number of benzene rings is 3. The van der Waals surface area contributed by atoms with Crippen LogP contribution in [0.15, 0.2) is 78.9 Å². The third-order valence-corrected chi connectivity index (χ3v) is 4.73. The van der Waals surface area contributed by atoms with E-state index in [1.54, 1.807) is 0 Å². The highest BCUT2D eigenvalue weighted by molar-refractivity contribution is 6.08. The Balaban J connectivity index is 1.70. The number of amides is 1. The van der Waals surface area contributed by atoms with Crippen LogP contribution in [0.1, 0.15) is 28.9 Å². The Bertz CT molecular complexity index is 940. The van der Waals surface area contributed by atoms with Crippen LogP contribution in [0.3, 0.4) is 0 Å². The molecule has 0 radical (unpaired) electrons. The molecule has 1 aliphatic rings. The first-order valence-corrected chi connectivity index (χ1v) is 9.21. The zero-order valence-corrected chi connectivity index (χ0v) is 15.3. The minimum Gasteiger partial charge on any atom is -0.494 e. The van der Waals surface area contributed by atoms with Crippen molar-refractivity contribution in [1.29, 1.82) is 0 Å². The number of hydrogen-bond donors (Lipinski definition) is 1. The van der Waals surface area contributed by atoms with Crippen molar-refractivity contribution < 1.29 is 9.53 Å². The summed E-state index contributed by atoms with van der Waals surface area (Å²) in [6, 6.07) is 25.6. The van der Waals surface area contributed by atoms with E-state index < -0.39 is 0 Å². The van der Waals surface area contributed by atoms with Gasteiger partial charge in [0.2, 0.25) is 0 Å². The molecule has 0 fully saturated rings. The quantitative estimate of drug-likeness (QED) is 0.721. The van der Waals surface area contributed by atoms with E-state index in [9.17, 15) is 4.79 Å². The molecule has 0 saturated carbocycles. The number of carbonyl (C=O) groups is 1. The molecule has 4 rings (SSSR count). The molecular formula is C23H22N2O2. The fraction of sp³-hybridized carbons (Fsp3) is 0.174. The van der Waals surface area contributed by atoms with E-state index in [0.29, 0.717) is 24.5 Å². The minimum atomic E-state index is -0.0218. The number of nitrogens with zero attached hydrogens (tertiary/aromatic N) is 1. The van der Waals surface area contributed by atoms with E-state index in [2.05, 4.69) is 17.4 Å². The summed E-state index contributed by atoms with van der Waals surface area (Å²) in [5.74, 6) is 0.692. The van der Waals surface area contributed by atoms with Gasteiger partial charge in [-0.25, -0.2) is 0 Å². The average Bonchev–Trinajstić information content (AvgIpc) is 2.73. The van der Waals surface area contributed by atoms with Gasteiger partial charge in [0.15, 0.2) is 0 Å². The smallest absolute Gasteiger partial charge is 0.258 e. The van der Waals surface area contributed by atoms with Gasteiger partial charge in [-0.15, -0.1) is 0 Å². The zero-order valence-electron chi connectivity index (χ0n) is 15.3. The van der Waals surface area contributed by atoms with Gasteiger partial charge in [-0.3, -0.25) is 4.79 Å². The van der Waals surface area contributed by atoms with Gasteiger partial charge in [-0.1, -0.05) is 48.5 Å². The molecule has 1 unspecified atom stereocenters. The molecule has 136 valence electrons. The lowest BCUT2D eigenvalue weighted by Gasteiger charge is -2.36. The largest absolute Gasteiger partial charge is 0.494 e. The molecule has 0 spiro atoms. The summed E-state index contributed by atoms with van der Waals surface area (Å²) < 4.78 is 5.56. The second-order valence-electron chi connectivity index (χ2n) is 6.50. The Morgan fingerprint density at radius 2 is 1.81 bits per heavy atom. The number of carbonyl (C=O) groups excluding carboxylic acids is 1. The van der Waals surface area contributed by atoms with Crippen LogP contribution < -0.4 is 15.0 Å². The second-order valence-corrected chi connectivity index (χ2v) is 6.50. The first-order valence-electron chi connectivity index (χ1n) is 9.21. The Morgan fingerprint density at radius 1 is 1.04 bits per heavy atom. The van der Waals surface area contributed by atoms with Crippen LogP contribution in [0.5, 0.6) is 5.75 Å². The molecule has 27 heavy (non-hydrogen) atoms. The van der Waals surface area contributed by atoms with Gasteiger partial charge in [0.25, 0.3) is 5.91 Å². The fourth-order valence-corrected chi connectivity index (χ4v) is 3.45. The average molecular weight is 358 g/mol. The topological polar surface area (TPSA) is 41.6 Å². The van der Waals surface area contributed by atoms with Crippen molar-refractivity contribution in [3.63, 3.8) is 0 Å². The summed E-state index contributed by atoms with van der Waals surface area (Å²) in [4.78, 5) is 15.2. The first-order chi connectivity index (χ1) is 13.3. The molecule has 1 atom stereocenters. The third-order valence-electron chi connectivity index (χ3n) is 4.73. The Kier molecular flexibility index (Phi) is 4.79. The van der Waals surface area contributed by atoms with Gasteiger partial charge < -0.3 is 15.0 Å². The maximum atomic E-state index is 13.3. The molecule has 3 aromatic rings. The standard InChI is InChI=1S/C23H22N2O2/c1-2-27-19-12-8-11-18(15-19)23(26)25-16-21(17-9-4-3-5-10-17)24-20-13-6-7-14-22(20)25/h3-15,21,24H,2,16H2,1H3. The molecule has 0 aliphatic carbocycles. The molecular weight excluding hydrogens is 336 g/mol. The van der Waals surface area contributed by atoms with Crippen LogP contribution in [-0.4, -0.2) is 19.1 Å². The van der Waals surface area contributed by atoms with Crippen LogP contribution >= 0.6 is 0 Å². The number of ether oxygens (including phenoxy) is 1. The van der Waals surface area contributed by atoms with Gasteiger partial charge in [0.05, 0.1) is 30.6 Å². The fourth-order valence-electron chi connectivity index (χ4n) is 3.45. The Labute approximate surface area is 159 Å². The summed E-state index contributed by atoms with van der Waals surface area (Å²) in [6.07, 6.45) is 0. The van der Waals surface area contributed by atoms with Crippen molar-refractivity contribution in [2.75, 3.05) is 23.4 Å². The van der Waals surface area contributed by atoms with Crippen LogP contribution in [0, 0.1) is 0 Å². The number of hydrogen-bond acceptors (Lipinski definition) is 3. The minimum absolute atomic E-state index is 0.0218. The van der Waals surface area contributed by atoms with E-state index in [-0.39, 0.29) is 11.9 Å². The summed E-state index contributed by atoms with van der Waals surface area (Å²) >= 11 is 0. The van der Waals surface area contributed by atoms with Gasteiger partial charge in [-0.05, 0) is 42.8 Å². The molecule has 1 heterocycles. The number of anilines is 2. The van der Waals surface area contributed by atoms with Crippen molar-refractivity contribution in [3.8, 4) is 5.75 Å². The van der Waals surface area contributed by atoms with Gasteiger partial charge >= 0.3 is 0 Å². The highest BCUT2D eigenvalue weighted by Gasteiger charge is 2.29. The zero-order chi connectivity index (χ0) is 18.6. The summed E-state index contributed by atoms with van der Waals surface area (Å²) in [7, 11) is 0. The van der Waals surface area contributed by atoms with E-state index in [0.717, 1.165) is 16.9 Å². The van der Waals surface area contributed by atoms with E-state index in [1.807, 2.05) is 78.6 Å². The molecule has 4 heteroatoms. The SMILES string of the molecule is CCOc1cccc(C(=O)N2CC(c3ccccc3)Nc3ccccc32)c1. The molecule has 1 N–H and O–H groups in total. The lowest BCUT2D eigenvalue weighted by atomic mass is 10.0. The number of nitrogens with one attached hydrogen (secondary N) is 1. The van der Waals surface area contributed by atoms with Crippen molar-refractivity contribution in [2.45, 2.75) is 13.0 Å². The van der Waals surface area contributed by atoms with Crippen LogP contribution in [0.4, 0.5) is 11.4 Å². The first kappa shape index (κ1) is 17.2. The maximum Gasteiger partial charge on any atom is 0.258 e. The van der Waals surface area contributed by atoms with Crippen LogP contribution in [0.25, 0.3) is 0 Å². The monoisotopic (exact) mass is 358 g/mol.